The van der Waals surface area contributed by atoms with Crippen molar-refractivity contribution < 1.29 is 27.9 Å². The number of fused-ring (bicyclic) bond motifs is 1. The molecule has 1 saturated carbocycles. The van der Waals surface area contributed by atoms with Gasteiger partial charge in [-0.05, 0) is 43.5 Å². The van der Waals surface area contributed by atoms with Gasteiger partial charge in [0.25, 0.3) is 5.91 Å². The van der Waals surface area contributed by atoms with Gasteiger partial charge in [0.05, 0.1) is 6.20 Å². The Hall–Kier alpha value is -3.73. The van der Waals surface area contributed by atoms with E-state index in [-0.39, 0.29) is 5.91 Å². The zero-order valence-electron chi connectivity index (χ0n) is 18.8. The second kappa shape index (κ2) is 9.49. The highest BCUT2D eigenvalue weighted by Gasteiger charge is 2.50. The molecule has 8 nitrogen and oxygen atoms in total. The number of benzene rings is 2. The maximum atomic E-state index is 12.7. The number of rotatable bonds is 5. The lowest BCUT2D eigenvalue weighted by molar-refractivity contribution is -0.192. The standard InChI is InChI=1S/C22H23N5O.C2HF3O2/c1-15-7-8-16(9-19(15)21(28)24-17-5-3-2-4-6-17)20-12-27(26-25-20)14-22-10-18(11-22)23-13-22;3-2(4,5)1(6)7/h2-9,12,18,23H,10-11,13-14H2,1H3,(H,24,28);(H,6,7). The van der Waals surface area contributed by atoms with E-state index in [1.165, 1.54) is 12.8 Å². The van der Waals surface area contributed by atoms with Crippen LogP contribution in [0.15, 0.2) is 54.7 Å². The van der Waals surface area contributed by atoms with E-state index >= 15 is 0 Å². The fourth-order valence-corrected chi connectivity index (χ4v) is 4.42. The zero-order chi connectivity index (χ0) is 25.2. The second-order valence-electron chi connectivity index (χ2n) is 8.94. The van der Waals surface area contributed by atoms with Crippen LogP contribution in [0.1, 0.15) is 28.8 Å². The summed E-state index contributed by atoms with van der Waals surface area (Å²) in [7, 11) is 0. The summed E-state index contributed by atoms with van der Waals surface area (Å²) >= 11 is 0. The number of aliphatic carboxylic acids is 1. The predicted molar refractivity (Wildman–Crippen MR) is 122 cm³/mol. The monoisotopic (exact) mass is 487 g/mol. The number of halogens is 3. The Balaban J connectivity index is 0.000000364. The molecule has 0 radical (unpaired) electrons. The fourth-order valence-electron chi connectivity index (χ4n) is 4.42. The fraction of sp³-hybridized carbons (Fsp3) is 0.333. The normalized spacial score (nSPS) is 20.4. The van der Waals surface area contributed by atoms with Gasteiger partial charge in [0.15, 0.2) is 0 Å². The maximum absolute atomic E-state index is 12.7. The SMILES string of the molecule is Cc1ccc(-c2cn(CC34CNC(C3)C4)nn2)cc1C(=O)Nc1ccccc1.O=C(O)C(F)(F)F. The van der Waals surface area contributed by atoms with E-state index in [1.807, 2.05) is 66.3 Å². The van der Waals surface area contributed by atoms with Gasteiger partial charge in [-0.1, -0.05) is 35.5 Å². The van der Waals surface area contributed by atoms with Crippen LogP contribution < -0.4 is 10.6 Å². The number of carbonyl (C=O) groups is 2. The van der Waals surface area contributed by atoms with Crippen molar-refractivity contribution in [3.05, 3.63) is 65.9 Å². The first-order valence-corrected chi connectivity index (χ1v) is 11.0. The summed E-state index contributed by atoms with van der Waals surface area (Å²) in [4.78, 5) is 21.6. The molecular weight excluding hydrogens is 463 g/mol. The molecule has 3 aliphatic rings. The Bertz CT molecular complexity index is 1220. The molecular formula is C24H24F3N5O3. The molecule has 0 spiro atoms. The number of carboxylic acids is 1. The molecule has 3 N–H and O–H groups in total. The van der Waals surface area contributed by atoms with E-state index < -0.39 is 12.1 Å². The topological polar surface area (TPSA) is 109 Å². The lowest BCUT2D eigenvalue weighted by Gasteiger charge is -2.36. The number of carbonyl (C=O) groups excluding carboxylic acids is 1. The lowest BCUT2D eigenvalue weighted by Crippen LogP contribution is -2.37. The van der Waals surface area contributed by atoms with Crippen molar-refractivity contribution in [2.45, 2.75) is 38.5 Å². The summed E-state index contributed by atoms with van der Waals surface area (Å²) in [6, 6.07) is 16.1. The summed E-state index contributed by atoms with van der Waals surface area (Å²) in [5.41, 5.74) is 4.42. The van der Waals surface area contributed by atoms with Crippen LogP contribution in [0, 0.1) is 12.3 Å². The predicted octanol–water partition coefficient (Wildman–Crippen LogP) is 3.89. The number of hydrogen-bond donors (Lipinski definition) is 3. The Labute approximate surface area is 199 Å². The summed E-state index contributed by atoms with van der Waals surface area (Å²) in [5, 5.41) is 22.3. The molecule has 1 amide bonds. The zero-order valence-corrected chi connectivity index (χ0v) is 18.8. The van der Waals surface area contributed by atoms with Gasteiger partial charge in [0.1, 0.15) is 5.69 Å². The molecule has 1 aliphatic carbocycles. The van der Waals surface area contributed by atoms with Gasteiger partial charge in [-0.2, -0.15) is 13.2 Å². The Kier molecular flexibility index (Phi) is 6.62. The summed E-state index contributed by atoms with van der Waals surface area (Å²) in [5.74, 6) is -2.87. The van der Waals surface area contributed by atoms with Crippen molar-refractivity contribution in [1.29, 1.82) is 0 Å². The van der Waals surface area contributed by atoms with Crippen molar-refractivity contribution >= 4 is 17.6 Å². The minimum Gasteiger partial charge on any atom is -0.475 e. The molecule has 184 valence electrons. The third kappa shape index (κ3) is 5.68. The van der Waals surface area contributed by atoms with E-state index in [2.05, 4.69) is 20.9 Å². The number of amides is 1. The maximum Gasteiger partial charge on any atom is 0.490 e. The van der Waals surface area contributed by atoms with Gasteiger partial charge in [-0.3, -0.25) is 9.48 Å². The minimum absolute atomic E-state index is 0.116. The number of nitrogens with zero attached hydrogens (tertiary/aromatic N) is 3. The first-order valence-electron chi connectivity index (χ1n) is 11.0. The Morgan fingerprint density at radius 1 is 1.20 bits per heavy atom. The van der Waals surface area contributed by atoms with Crippen LogP contribution in [0.5, 0.6) is 0 Å². The largest absolute Gasteiger partial charge is 0.490 e. The van der Waals surface area contributed by atoms with Crippen LogP contribution >= 0.6 is 0 Å². The smallest absolute Gasteiger partial charge is 0.475 e. The molecule has 35 heavy (non-hydrogen) atoms. The van der Waals surface area contributed by atoms with Crippen LogP contribution in [-0.4, -0.2) is 50.7 Å². The van der Waals surface area contributed by atoms with Gasteiger partial charge in [0.2, 0.25) is 0 Å². The van der Waals surface area contributed by atoms with Crippen LogP contribution in [0.3, 0.4) is 0 Å². The first-order chi connectivity index (χ1) is 16.5. The van der Waals surface area contributed by atoms with Crippen LogP contribution in [0.25, 0.3) is 11.3 Å². The highest BCUT2D eigenvalue weighted by atomic mass is 19.4. The molecule has 3 aromatic rings. The number of nitrogens with one attached hydrogen (secondary N) is 2. The molecule has 2 bridgehead atoms. The molecule has 11 heteroatoms. The van der Waals surface area contributed by atoms with Crippen LogP contribution in [0.4, 0.5) is 18.9 Å². The van der Waals surface area contributed by atoms with Gasteiger partial charge in [0, 0.05) is 41.4 Å². The van der Waals surface area contributed by atoms with Crippen molar-refractivity contribution in [2.24, 2.45) is 5.41 Å². The minimum atomic E-state index is -5.08. The molecule has 2 saturated heterocycles. The van der Waals surface area contributed by atoms with Crippen molar-refractivity contribution in [3.63, 3.8) is 0 Å². The molecule has 3 fully saturated rings. The number of hydrogen-bond acceptors (Lipinski definition) is 5. The lowest BCUT2D eigenvalue weighted by atomic mass is 9.70. The Morgan fingerprint density at radius 2 is 1.89 bits per heavy atom. The number of aryl methyl sites for hydroxylation is 1. The van der Waals surface area contributed by atoms with E-state index in [0.717, 1.165) is 35.6 Å². The average molecular weight is 487 g/mol. The molecule has 2 aromatic carbocycles. The third-order valence-electron chi connectivity index (χ3n) is 6.21. The third-order valence-corrected chi connectivity index (χ3v) is 6.21. The molecule has 0 atom stereocenters. The molecule has 6 rings (SSSR count). The number of anilines is 1. The van der Waals surface area contributed by atoms with Crippen molar-refractivity contribution in [3.8, 4) is 11.3 Å². The van der Waals surface area contributed by atoms with E-state index in [9.17, 15) is 18.0 Å². The summed E-state index contributed by atoms with van der Waals surface area (Å²) in [6.45, 7) is 3.91. The molecule has 0 unspecified atom stereocenters. The van der Waals surface area contributed by atoms with Gasteiger partial charge >= 0.3 is 12.1 Å². The van der Waals surface area contributed by atoms with E-state index in [4.69, 9.17) is 9.90 Å². The highest BCUT2D eigenvalue weighted by molar-refractivity contribution is 6.05. The van der Waals surface area contributed by atoms with Crippen LogP contribution in [-0.2, 0) is 11.3 Å². The van der Waals surface area contributed by atoms with Crippen molar-refractivity contribution in [2.75, 3.05) is 11.9 Å². The summed E-state index contributed by atoms with van der Waals surface area (Å²) < 4.78 is 33.7. The highest BCUT2D eigenvalue weighted by Crippen LogP contribution is 2.47. The van der Waals surface area contributed by atoms with E-state index in [1.54, 1.807) is 0 Å². The van der Waals surface area contributed by atoms with Crippen LogP contribution in [0.2, 0.25) is 0 Å². The van der Waals surface area contributed by atoms with Gasteiger partial charge in [-0.15, -0.1) is 5.10 Å². The first kappa shape index (κ1) is 24.4. The number of carboxylic acid groups (broad SMARTS) is 1. The molecule has 3 heterocycles. The Morgan fingerprint density at radius 3 is 2.49 bits per heavy atom. The average Bonchev–Trinajstić information content (AvgIpc) is 3.51. The number of alkyl halides is 3. The number of para-hydroxylation sites is 1. The molecule has 2 aliphatic heterocycles. The van der Waals surface area contributed by atoms with E-state index in [0.29, 0.717) is 17.0 Å². The van der Waals surface area contributed by atoms with Gasteiger partial charge < -0.3 is 15.7 Å². The number of aromatic nitrogens is 3. The van der Waals surface area contributed by atoms with Crippen molar-refractivity contribution in [1.82, 2.24) is 20.3 Å². The second-order valence-corrected chi connectivity index (χ2v) is 8.94. The summed E-state index contributed by atoms with van der Waals surface area (Å²) in [6.07, 6.45) is -0.628. The molecule has 1 aromatic heterocycles. The van der Waals surface area contributed by atoms with Gasteiger partial charge in [-0.25, -0.2) is 4.79 Å². The quantitative estimate of drug-likeness (QED) is 0.504.